The summed E-state index contributed by atoms with van der Waals surface area (Å²) in [6.45, 7) is 12.3. The number of carbonyl (C=O) groups is 2. The molecule has 0 bridgehead atoms. The van der Waals surface area contributed by atoms with Crippen molar-refractivity contribution in [2.75, 3.05) is 0 Å². The third-order valence-corrected chi connectivity index (χ3v) is 5.07. The van der Waals surface area contributed by atoms with Gasteiger partial charge in [0.15, 0.2) is 0 Å². The van der Waals surface area contributed by atoms with Crippen LogP contribution in [0.3, 0.4) is 0 Å². The minimum absolute atomic E-state index is 0.0578. The molecule has 150 valence electrons. The van der Waals surface area contributed by atoms with E-state index in [1.807, 2.05) is 13.8 Å². The molecule has 0 radical (unpaired) electrons. The molecule has 0 heterocycles. The van der Waals surface area contributed by atoms with E-state index in [1.54, 1.807) is 31.2 Å². The summed E-state index contributed by atoms with van der Waals surface area (Å²) in [4.78, 5) is 24.6. The largest absolute Gasteiger partial charge is 0.459 e. The molecule has 2 aromatic carbocycles. The van der Waals surface area contributed by atoms with Crippen molar-refractivity contribution >= 4 is 23.5 Å². The molecule has 1 amide bonds. The lowest BCUT2D eigenvalue weighted by molar-refractivity contribution is -0.146. The maximum atomic E-state index is 12.3. The second-order valence-corrected chi connectivity index (χ2v) is 8.53. The smallest absolute Gasteiger partial charge is 0.328 e. The van der Waals surface area contributed by atoms with Crippen molar-refractivity contribution in [3.63, 3.8) is 0 Å². The Hall–Kier alpha value is -2.33. The predicted molar refractivity (Wildman–Crippen MR) is 113 cm³/mol. The van der Waals surface area contributed by atoms with Crippen LogP contribution in [0.4, 0.5) is 0 Å². The molecule has 2 rings (SSSR count). The van der Waals surface area contributed by atoms with Gasteiger partial charge in [0.2, 0.25) is 0 Å². The Morgan fingerprint density at radius 1 is 1.11 bits per heavy atom. The Kier molecular flexibility index (Phi) is 6.89. The van der Waals surface area contributed by atoms with Crippen LogP contribution in [0.1, 0.15) is 60.3 Å². The van der Waals surface area contributed by atoms with E-state index in [-0.39, 0.29) is 12.0 Å². The Bertz CT molecular complexity index is 861. The fourth-order valence-corrected chi connectivity index (χ4v) is 3.12. The summed E-state index contributed by atoms with van der Waals surface area (Å²) in [6.07, 6.45) is 0. The summed E-state index contributed by atoms with van der Waals surface area (Å²) in [5.41, 5.74) is 4.80. The number of nitrogens with one attached hydrogen (secondary N) is 1. The van der Waals surface area contributed by atoms with Gasteiger partial charge in [-0.15, -0.1) is 0 Å². The summed E-state index contributed by atoms with van der Waals surface area (Å²) < 4.78 is 5.46. The first-order chi connectivity index (χ1) is 13.0. The fourth-order valence-electron chi connectivity index (χ4n) is 2.90. The van der Waals surface area contributed by atoms with Crippen LogP contribution >= 0.6 is 11.6 Å². The highest BCUT2D eigenvalue weighted by Crippen LogP contribution is 2.27. The van der Waals surface area contributed by atoms with Crippen molar-refractivity contribution in [2.45, 2.75) is 59.6 Å². The summed E-state index contributed by atoms with van der Waals surface area (Å²) in [5, 5.41) is 2.97. The number of hydrogen-bond acceptors (Lipinski definition) is 3. The van der Waals surface area contributed by atoms with E-state index < -0.39 is 17.9 Å². The first-order valence-corrected chi connectivity index (χ1v) is 9.71. The summed E-state index contributed by atoms with van der Waals surface area (Å²) in [6, 6.07) is 10.2. The predicted octanol–water partition coefficient (Wildman–Crippen LogP) is 5.12. The van der Waals surface area contributed by atoms with Gasteiger partial charge in [0.05, 0.1) is 10.6 Å². The fraction of sp³-hybridized carbons (Fsp3) is 0.391. The Morgan fingerprint density at radius 3 is 2.21 bits per heavy atom. The van der Waals surface area contributed by atoms with Crippen LogP contribution in [0, 0.1) is 13.8 Å². The van der Waals surface area contributed by atoms with Gasteiger partial charge in [-0.1, -0.05) is 56.6 Å². The molecule has 28 heavy (non-hydrogen) atoms. The van der Waals surface area contributed by atoms with Crippen molar-refractivity contribution in [2.24, 2.45) is 0 Å². The zero-order chi connectivity index (χ0) is 21.1. The van der Waals surface area contributed by atoms with Crippen LogP contribution in [0.25, 0.3) is 0 Å². The molecular weight excluding hydrogens is 374 g/mol. The molecule has 1 atom stereocenters. The quantitative estimate of drug-likeness (QED) is 0.707. The molecule has 5 heteroatoms. The lowest BCUT2D eigenvalue weighted by atomic mass is 9.84. The number of carbonyl (C=O) groups excluding carboxylic acids is 2. The van der Waals surface area contributed by atoms with Crippen LogP contribution in [-0.2, 0) is 21.6 Å². The number of ether oxygens (including phenoxy) is 1. The second kappa shape index (κ2) is 8.78. The van der Waals surface area contributed by atoms with Crippen molar-refractivity contribution in [1.82, 2.24) is 5.32 Å². The molecule has 0 fully saturated rings. The van der Waals surface area contributed by atoms with Crippen LogP contribution in [-0.4, -0.2) is 17.9 Å². The summed E-state index contributed by atoms with van der Waals surface area (Å²) in [5.74, 6) is -0.893. The molecule has 0 aliphatic rings. The first kappa shape index (κ1) is 22.0. The van der Waals surface area contributed by atoms with Gasteiger partial charge in [0, 0.05) is 0 Å². The van der Waals surface area contributed by atoms with Crippen LogP contribution in [0.2, 0.25) is 5.02 Å². The molecule has 1 N–H and O–H groups in total. The van der Waals surface area contributed by atoms with Gasteiger partial charge in [0.1, 0.15) is 12.6 Å². The van der Waals surface area contributed by atoms with Crippen molar-refractivity contribution in [1.29, 1.82) is 0 Å². The average molecular weight is 402 g/mol. The highest BCUT2D eigenvalue weighted by Gasteiger charge is 2.21. The van der Waals surface area contributed by atoms with Crippen LogP contribution in [0.15, 0.2) is 36.4 Å². The molecule has 4 nitrogen and oxygen atoms in total. The zero-order valence-corrected chi connectivity index (χ0v) is 18.1. The van der Waals surface area contributed by atoms with Crippen molar-refractivity contribution in [3.8, 4) is 0 Å². The lowest BCUT2D eigenvalue weighted by Gasteiger charge is -2.22. The van der Waals surface area contributed by atoms with Gasteiger partial charge >= 0.3 is 5.97 Å². The standard InChI is InChI=1S/C23H28ClNO3/c1-14-11-17(23(4,5)6)12-15(2)19(14)13-28-22(27)16(3)25-21(26)18-9-7-8-10-20(18)24/h7-12,16H,13H2,1-6H3,(H,25,26)/t16-/m1/s1. The molecule has 0 aliphatic heterocycles. The molecule has 0 aliphatic carbocycles. The van der Waals surface area contributed by atoms with E-state index in [9.17, 15) is 9.59 Å². The van der Waals surface area contributed by atoms with E-state index in [4.69, 9.17) is 16.3 Å². The lowest BCUT2D eigenvalue weighted by Crippen LogP contribution is -2.39. The number of aryl methyl sites for hydroxylation is 2. The Balaban J connectivity index is 2.02. The number of rotatable bonds is 5. The average Bonchev–Trinajstić information content (AvgIpc) is 2.60. The molecular formula is C23H28ClNO3. The van der Waals surface area contributed by atoms with E-state index in [1.165, 1.54) is 5.56 Å². The Labute approximate surface area is 172 Å². The van der Waals surface area contributed by atoms with Gasteiger partial charge in [-0.3, -0.25) is 4.79 Å². The molecule has 2 aromatic rings. The highest BCUT2D eigenvalue weighted by molar-refractivity contribution is 6.33. The minimum Gasteiger partial charge on any atom is -0.459 e. The molecule has 0 saturated carbocycles. The minimum atomic E-state index is -0.779. The number of halogens is 1. The van der Waals surface area contributed by atoms with E-state index >= 15 is 0 Å². The SMILES string of the molecule is Cc1cc(C(C)(C)C)cc(C)c1COC(=O)[C@@H](C)NC(=O)c1ccccc1Cl. The second-order valence-electron chi connectivity index (χ2n) is 8.12. The number of hydrogen-bond donors (Lipinski definition) is 1. The van der Waals surface area contributed by atoms with E-state index in [2.05, 4.69) is 38.2 Å². The van der Waals surface area contributed by atoms with Crippen LogP contribution < -0.4 is 5.32 Å². The van der Waals surface area contributed by atoms with Gasteiger partial charge in [-0.05, 0) is 60.6 Å². The normalized spacial score (nSPS) is 12.4. The third-order valence-electron chi connectivity index (χ3n) is 4.74. The maximum Gasteiger partial charge on any atom is 0.328 e. The van der Waals surface area contributed by atoms with Crippen LogP contribution in [0.5, 0.6) is 0 Å². The van der Waals surface area contributed by atoms with Gasteiger partial charge in [-0.2, -0.15) is 0 Å². The topological polar surface area (TPSA) is 55.4 Å². The van der Waals surface area contributed by atoms with E-state index in [0.717, 1.165) is 16.7 Å². The molecule has 0 saturated heterocycles. The van der Waals surface area contributed by atoms with Crippen molar-refractivity contribution < 1.29 is 14.3 Å². The zero-order valence-electron chi connectivity index (χ0n) is 17.4. The molecule has 0 spiro atoms. The molecule has 0 aromatic heterocycles. The van der Waals surface area contributed by atoms with Gasteiger partial charge in [-0.25, -0.2) is 4.79 Å². The molecule has 0 unspecified atom stereocenters. The van der Waals surface area contributed by atoms with Gasteiger partial charge in [0.25, 0.3) is 5.91 Å². The summed E-state index contributed by atoms with van der Waals surface area (Å²) >= 11 is 6.03. The number of esters is 1. The van der Waals surface area contributed by atoms with Gasteiger partial charge < -0.3 is 10.1 Å². The Morgan fingerprint density at radius 2 is 1.68 bits per heavy atom. The van der Waals surface area contributed by atoms with Crippen molar-refractivity contribution in [3.05, 3.63) is 69.2 Å². The number of benzene rings is 2. The monoisotopic (exact) mass is 401 g/mol. The summed E-state index contributed by atoms with van der Waals surface area (Å²) in [7, 11) is 0. The highest BCUT2D eigenvalue weighted by atomic mass is 35.5. The third kappa shape index (κ3) is 5.35. The number of amides is 1. The van der Waals surface area contributed by atoms with E-state index in [0.29, 0.717) is 10.6 Å². The maximum absolute atomic E-state index is 12.3. The first-order valence-electron chi connectivity index (χ1n) is 9.33.